The number of hydrogen-bond donors (Lipinski definition) is 1. The van der Waals surface area contributed by atoms with Gasteiger partial charge >= 0.3 is 0 Å². The Bertz CT molecular complexity index is 694. The third-order valence-corrected chi connectivity index (χ3v) is 5.99. The largest absolute Gasteiger partial charge is 0.342 e. The van der Waals surface area contributed by atoms with Crippen molar-refractivity contribution in [3.05, 3.63) is 35.4 Å². The van der Waals surface area contributed by atoms with Crippen LogP contribution in [0.25, 0.3) is 0 Å². The van der Waals surface area contributed by atoms with E-state index in [9.17, 15) is 22.0 Å². The van der Waals surface area contributed by atoms with Gasteiger partial charge < -0.3 is 4.90 Å². The summed E-state index contributed by atoms with van der Waals surface area (Å²) < 4.78 is 53.7. The fraction of sp³-hybridized carbons (Fsp3) is 0.533. The van der Waals surface area contributed by atoms with Gasteiger partial charge in [0.15, 0.2) is 11.6 Å². The van der Waals surface area contributed by atoms with Crippen LogP contribution in [-0.4, -0.2) is 37.6 Å². The van der Waals surface area contributed by atoms with Crippen molar-refractivity contribution < 1.29 is 22.0 Å². The first kappa shape index (κ1) is 17.8. The van der Waals surface area contributed by atoms with Crippen molar-refractivity contribution >= 4 is 15.9 Å². The van der Waals surface area contributed by atoms with Gasteiger partial charge in [0.05, 0.1) is 5.25 Å². The van der Waals surface area contributed by atoms with E-state index in [2.05, 4.69) is 4.72 Å². The van der Waals surface area contributed by atoms with Crippen LogP contribution in [0, 0.1) is 11.6 Å². The molecule has 1 heterocycles. The Morgan fingerprint density at radius 1 is 1.35 bits per heavy atom. The molecular weight excluding hydrogens is 326 g/mol. The fourth-order valence-electron chi connectivity index (χ4n) is 2.67. The molecule has 1 fully saturated rings. The summed E-state index contributed by atoms with van der Waals surface area (Å²) in [5.41, 5.74) is 0.340. The standard InChI is InChI=1S/C15H20F2N2O3S/c1-10(12-5-6-14(16)15(17)8-12)18-23(21,22)13-4-3-7-19(9-13)11(2)20/h5-6,8,10,13,18H,3-4,7,9H2,1-2H3. The average Bonchev–Trinajstić information content (AvgIpc) is 2.49. The Kier molecular flexibility index (Phi) is 5.36. The number of likely N-dealkylation sites (tertiary alicyclic amines) is 1. The summed E-state index contributed by atoms with van der Waals surface area (Å²) in [4.78, 5) is 12.9. The zero-order valence-corrected chi connectivity index (χ0v) is 13.9. The number of nitrogens with one attached hydrogen (secondary N) is 1. The quantitative estimate of drug-likeness (QED) is 0.906. The van der Waals surface area contributed by atoms with Crippen molar-refractivity contribution in [2.75, 3.05) is 13.1 Å². The van der Waals surface area contributed by atoms with E-state index in [0.717, 1.165) is 12.1 Å². The molecule has 5 nitrogen and oxygen atoms in total. The van der Waals surface area contributed by atoms with E-state index in [0.29, 0.717) is 24.9 Å². The second kappa shape index (κ2) is 6.92. The molecule has 128 valence electrons. The van der Waals surface area contributed by atoms with E-state index in [1.54, 1.807) is 6.92 Å². The van der Waals surface area contributed by atoms with E-state index >= 15 is 0 Å². The predicted octanol–water partition coefficient (Wildman–Crippen LogP) is 1.96. The highest BCUT2D eigenvalue weighted by molar-refractivity contribution is 7.90. The molecule has 2 rings (SSSR count). The van der Waals surface area contributed by atoms with Gasteiger partial charge in [-0.25, -0.2) is 21.9 Å². The zero-order chi connectivity index (χ0) is 17.2. The lowest BCUT2D eigenvalue weighted by molar-refractivity contribution is -0.129. The normalized spacial score (nSPS) is 20.3. The molecule has 1 saturated heterocycles. The zero-order valence-electron chi connectivity index (χ0n) is 13.1. The molecule has 8 heteroatoms. The maximum Gasteiger partial charge on any atom is 0.219 e. The van der Waals surface area contributed by atoms with Gasteiger partial charge in [0.1, 0.15) is 0 Å². The van der Waals surface area contributed by atoms with Crippen LogP contribution in [0.3, 0.4) is 0 Å². The number of sulfonamides is 1. The minimum absolute atomic E-state index is 0.148. The minimum Gasteiger partial charge on any atom is -0.342 e. The number of benzene rings is 1. The number of amides is 1. The van der Waals surface area contributed by atoms with E-state index in [4.69, 9.17) is 0 Å². The monoisotopic (exact) mass is 346 g/mol. The molecule has 1 aromatic rings. The Morgan fingerprint density at radius 2 is 2.04 bits per heavy atom. The van der Waals surface area contributed by atoms with E-state index in [1.165, 1.54) is 17.9 Å². The number of hydrogen-bond acceptors (Lipinski definition) is 3. The van der Waals surface area contributed by atoms with E-state index in [1.807, 2.05) is 0 Å². The lowest BCUT2D eigenvalue weighted by atomic mass is 10.1. The van der Waals surface area contributed by atoms with Gasteiger partial charge in [-0.15, -0.1) is 0 Å². The van der Waals surface area contributed by atoms with Gasteiger partial charge in [-0.05, 0) is 37.5 Å². The Morgan fingerprint density at radius 3 is 2.65 bits per heavy atom. The van der Waals surface area contributed by atoms with Gasteiger partial charge in [0.25, 0.3) is 0 Å². The minimum atomic E-state index is -3.68. The molecule has 0 radical (unpaired) electrons. The van der Waals surface area contributed by atoms with Gasteiger partial charge in [-0.2, -0.15) is 0 Å². The summed E-state index contributed by atoms with van der Waals surface area (Å²) >= 11 is 0. The van der Waals surface area contributed by atoms with Crippen LogP contribution < -0.4 is 4.72 Å². The highest BCUT2D eigenvalue weighted by Crippen LogP contribution is 2.21. The number of carbonyl (C=O) groups excluding carboxylic acids is 1. The maximum absolute atomic E-state index is 13.3. The van der Waals surface area contributed by atoms with Crippen molar-refractivity contribution in [1.82, 2.24) is 9.62 Å². The highest BCUT2D eigenvalue weighted by atomic mass is 32.2. The van der Waals surface area contributed by atoms with Crippen LogP contribution in [0.1, 0.15) is 38.3 Å². The molecule has 23 heavy (non-hydrogen) atoms. The molecule has 1 aromatic carbocycles. The summed E-state index contributed by atoms with van der Waals surface area (Å²) in [6.45, 7) is 3.68. The van der Waals surface area contributed by atoms with Crippen LogP contribution in [-0.2, 0) is 14.8 Å². The number of rotatable bonds is 4. The summed E-state index contributed by atoms with van der Waals surface area (Å²) in [6, 6.07) is 2.59. The first-order chi connectivity index (χ1) is 10.7. The van der Waals surface area contributed by atoms with E-state index in [-0.39, 0.29) is 12.5 Å². The summed E-state index contributed by atoms with van der Waals surface area (Å²) in [5.74, 6) is -2.15. The van der Waals surface area contributed by atoms with Crippen LogP contribution in [0.15, 0.2) is 18.2 Å². The molecule has 0 saturated carbocycles. The number of halogens is 2. The third-order valence-electron chi connectivity index (χ3n) is 4.05. The van der Waals surface area contributed by atoms with Crippen molar-refractivity contribution in [2.24, 2.45) is 0 Å². The number of carbonyl (C=O) groups is 1. The molecular formula is C15H20F2N2O3S. The van der Waals surface area contributed by atoms with Crippen molar-refractivity contribution in [3.63, 3.8) is 0 Å². The van der Waals surface area contributed by atoms with Crippen LogP contribution in [0.5, 0.6) is 0 Å². The van der Waals surface area contributed by atoms with Crippen LogP contribution in [0.4, 0.5) is 8.78 Å². The molecule has 1 N–H and O–H groups in total. The molecule has 2 unspecified atom stereocenters. The van der Waals surface area contributed by atoms with Gasteiger partial charge in [-0.3, -0.25) is 4.79 Å². The lowest BCUT2D eigenvalue weighted by Gasteiger charge is -2.32. The smallest absolute Gasteiger partial charge is 0.219 e. The van der Waals surface area contributed by atoms with Gasteiger partial charge in [-0.1, -0.05) is 6.07 Å². The average molecular weight is 346 g/mol. The third kappa shape index (κ3) is 4.26. The molecule has 2 atom stereocenters. The highest BCUT2D eigenvalue weighted by Gasteiger charge is 2.32. The molecule has 0 aliphatic carbocycles. The van der Waals surface area contributed by atoms with E-state index < -0.39 is 32.9 Å². The maximum atomic E-state index is 13.3. The fourth-order valence-corrected chi connectivity index (χ4v) is 4.34. The SMILES string of the molecule is CC(=O)N1CCCC(S(=O)(=O)NC(C)c2ccc(F)c(F)c2)C1. The van der Waals surface area contributed by atoms with Gasteiger partial charge in [0, 0.05) is 26.1 Å². The molecule has 1 amide bonds. The van der Waals surface area contributed by atoms with Gasteiger partial charge in [0.2, 0.25) is 15.9 Å². The van der Waals surface area contributed by atoms with Crippen LogP contribution in [0.2, 0.25) is 0 Å². The second-order valence-electron chi connectivity index (χ2n) is 5.79. The van der Waals surface area contributed by atoms with Crippen molar-refractivity contribution in [3.8, 4) is 0 Å². The molecule has 0 aromatic heterocycles. The number of piperidine rings is 1. The van der Waals surface area contributed by atoms with Crippen molar-refractivity contribution in [1.29, 1.82) is 0 Å². The second-order valence-corrected chi connectivity index (χ2v) is 7.78. The molecule has 0 bridgehead atoms. The number of nitrogens with zero attached hydrogens (tertiary/aromatic N) is 1. The Hall–Kier alpha value is -1.54. The van der Waals surface area contributed by atoms with Crippen molar-refractivity contribution in [2.45, 2.75) is 38.0 Å². The first-order valence-corrected chi connectivity index (χ1v) is 8.97. The summed E-state index contributed by atoms with van der Waals surface area (Å²) in [5, 5.41) is -0.701. The first-order valence-electron chi connectivity index (χ1n) is 7.42. The summed E-state index contributed by atoms with van der Waals surface area (Å²) in [7, 11) is -3.68. The lowest BCUT2D eigenvalue weighted by Crippen LogP contribution is -2.48. The molecule has 1 aliphatic heterocycles. The predicted molar refractivity (Wildman–Crippen MR) is 82.1 cm³/mol. The Balaban J connectivity index is 2.10. The topological polar surface area (TPSA) is 66.5 Å². The molecule has 1 aliphatic rings. The summed E-state index contributed by atoms with van der Waals surface area (Å²) in [6.07, 6.45) is 1.08. The van der Waals surface area contributed by atoms with Crippen LogP contribution >= 0.6 is 0 Å². The molecule has 0 spiro atoms. The Labute approximate surface area is 134 Å².